The van der Waals surface area contributed by atoms with E-state index in [-0.39, 0.29) is 17.6 Å². The van der Waals surface area contributed by atoms with Gasteiger partial charge in [-0.05, 0) is 69.0 Å². The van der Waals surface area contributed by atoms with E-state index in [0.717, 1.165) is 57.4 Å². The van der Waals surface area contributed by atoms with E-state index in [1.54, 1.807) is 0 Å². The Kier molecular flexibility index (Phi) is 7.66. The summed E-state index contributed by atoms with van der Waals surface area (Å²) in [6.07, 6.45) is 6.71. The van der Waals surface area contributed by atoms with Gasteiger partial charge in [0.05, 0.1) is 0 Å². The number of piperidine rings is 2. The average Bonchev–Trinajstić information content (AvgIpc) is 2.72. The number of nitrogens with zero attached hydrogens (tertiary/aromatic N) is 1. The summed E-state index contributed by atoms with van der Waals surface area (Å²) in [5, 5.41) is 3.38. The first-order valence-corrected chi connectivity index (χ1v) is 11.1. The summed E-state index contributed by atoms with van der Waals surface area (Å²) in [5.41, 5.74) is 2.11. The topological polar surface area (TPSA) is 49.4 Å². The quantitative estimate of drug-likeness (QED) is 0.721. The van der Waals surface area contributed by atoms with E-state index in [2.05, 4.69) is 31.3 Å². The van der Waals surface area contributed by atoms with Gasteiger partial charge in [-0.3, -0.25) is 9.59 Å². The number of Topliss-reactive ketones (excluding diaryl/α,β-unsaturated/α-hetero) is 1. The highest BCUT2D eigenvalue weighted by molar-refractivity contribution is 5.98. The molecule has 2 heterocycles. The zero-order valence-electron chi connectivity index (χ0n) is 17.6. The van der Waals surface area contributed by atoms with Crippen LogP contribution in [0.1, 0.15) is 68.3 Å². The molecule has 0 unspecified atom stereocenters. The Bertz CT molecular complexity index is 639. The highest BCUT2D eigenvalue weighted by Gasteiger charge is 2.28. The first kappa shape index (κ1) is 21.0. The van der Waals surface area contributed by atoms with Crippen molar-refractivity contribution in [3.63, 3.8) is 0 Å². The molecule has 28 heavy (non-hydrogen) atoms. The number of rotatable bonds is 7. The van der Waals surface area contributed by atoms with Gasteiger partial charge in [0, 0.05) is 31.0 Å². The fraction of sp³-hybridized carbons (Fsp3) is 0.667. The number of hydrogen-bond acceptors (Lipinski definition) is 3. The number of amides is 1. The first-order valence-electron chi connectivity index (χ1n) is 11.1. The third-order valence-electron chi connectivity index (χ3n) is 6.33. The summed E-state index contributed by atoms with van der Waals surface area (Å²) in [4.78, 5) is 27.4. The number of likely N-dealkylation sites (tertiary alicyclic amines) is 1. The molecule has 2 aliphatic rings. The smallest absolute Gasteiger partial charge is 0.222 e. The Balaban J connectivity index is 1.43. The van der Waals surface area contributed by atoms with E-state index < -0.39 is 0 Å². The van der Waals surface area contributed by atoms with Gasteiger partial charge in [0.1, 0.15) is 0 Å². The first-order chi connectivity index (χ1) is 13.5. The Hall–Kier alpha value is -1.68. The third-order valence-corrected chi connectivity index (χ3v) is 6.33. The molecule has 0 radical (unpaired) electrons. The summed E-state index contributed by atoms with van der Waals surface area (Å²) in [7, 11) is 0. The Morgan fingerprint density at radius 3 is 2.29 bits per heavy atom. The van der Waals surface area contributed by atoms with Crippen LogP contribution in [-0.2, 0) is 11.2 Å². The van der Waals surface area contributed by atoms with Gasteiger partial charge in [-0.15, -0.1) is 0 Å². The molecule has 1 aromatic rings. The lowest BCUT2D eigenvalue weighted by Gasteiger charge is -2.32. The second-order valence-corrected chi connectivity index (χ2v) is 9.05. The molecule has 1 amide bonds. The maximum atomic E-state index is 12.8. The van der Waals surface area contributed by atoms with E-state index in [9.17, 15) is 9.59 Å². The predicted octanol–water partition coefficient (Wildman–Crippen LogP) is 4.09. The minimum absolute atomic E-state index is 0.0596. The van der Waals surface area contributed by atoms with Crippen LogP contribution in [0.25, 0.3) is 0 Å². The van der Waals surface area contributed by atoms with Gasteiger partial charge in [-0.1, -0.05) is 38.1 Å². The van der Waals surface area contributed by atoms with Crippen molar-refractivity contribution in [2.24, 2.45) is 17.8 Å². The zero-order valence-corrected chi connectivity index (χ0v) is 17.6. The lowest BCUT2D eigenvalue weighted by Crippen LogP contribution is -2.40. The SMILES string of the molecule is CC(C)Cc1ccc(C(=O)C2CCN(C(=O)CCC3CCNCC3)CC2)cc1. The van der Waals surface area contributed by atoms with Crippen molar-refractivity contribution in [1.29, 1.82) is 0 Å². The van der Waals surface area contributed by atoms with E-state index in [0.29, 0.717) is 18.3 Å². The standard InChI is InChI=1S/C24H36N2O2/c1-18(2)17-20-3-6-21(7-4-20)24(28)22-11-15-26(16-12-22)23(27)8-5-19-9-13-25-14-10-19/h3-4,6-7,18-19,22,25H,5,8-17H2,1-2H3. The molecular formula is C24H36N2O2. The maximum Gasteiger partial charge on any atom is 0.222 e. The van der Waals surface area contributed by atoms with Crippen LogP contribution in [0.4, 0.5) is 0 Å². The van der Waals surface area contributed by atoms with Gasteiger partial charge in [0.15, 0.2) is 5.78 Å². The fourth-order valence-electron chi connectivity index (χ4n) is 4.56. The molecule has 0 aromatic heterocycles. The van der Waals surface area contributed by atoms with Crippen LogP contribution in [0.5, 0.6) is 0 Å². The predicted molar refractivity (Wildman–Crippen MR) is 113 cm³/mol. The molecular weight excluding hydrogens is 348 g/mol. The molecule has 2 aliphatic heterocycles. The highest BCUT2D eigenvalue weighted by Crippen LogP contribution is 2.24. The molecule has 0 bridgehead atoms. The van der Waals surface area contributed by atoms with E-state index >= 15 is 0 Å². The number of carbonyl (C=O) groups excluding carboxylic acids is 2. The summed E-state index contributed by atoms with van der Waals surface area (Å²) < 4.78 is 0. The molecule has 0 spiro atoms. The van der Waals surface area contributed by atoms with Crippen LogP contribution in [0.3, 0.4) is 0 Å². The average molecular weight is 385 g/mol. The van der Waals surface area contributed by atoms with Crippen LogP contribution in [0.15, 0.2) is 24.3 Å². The van der Waals surface area contributed by atoms with Crippen LogP contribution in [0.2, 0.25) is 0 Å². The van der Waals surface area contributed by atoms with Gasteiger partial charge < -0.3 is 10.2 Å². The molecule has 0 atom stereocenters. The van der Waals surface area contributed by atoms with Crippen LogP contribution >= 0.6 is 0 Å². The Labute approximate surface area is 170 Å². The van der Waals surface area contributed by atoms with E-state index in [1.807, 2.05) is 17.0 Å². The van der Waals surface area contributed by atoms with Gasteiger partial charge >= 0.3 is 0 Å². The molecule has 1 aromatic carbocycles. The van der Waals surface area contributed by atoms with Crippen molar-refractivity contribution in [3.05, 3.63) is 35.4 Å². The molecule has 0 saturated carbocycles. The minimum atomic E-state index is 0.0596. The fourth-order valence-corrected chi connectivity index (χ4v) is 4.56. The molecule has 3 rings (SSSR count). The van der Waals surface area contributed by atoms with Crippen molar-refractivity contribution in [3.8, 4) is 0 Å². The second kappa shape index (κ2) is 10.2. The highest BCUT2D eigenvalue weighted by atomic mass is 16.2. The number of ketones is 1. The molecule has 154 valence electrons. The minimum Gasteiger partial charge on any atom is -0.343 e. The van der Waals surface area contributed by atoms with Gasteiger partial charge in [-0.25, -0.2) is 0 Å². The lowest BCUT2D eigenvalue weighted by atomic mass is 9.88. The second-order valence-electron chi connectivity index (χ2n) is 9.05. The molecule has 4 nitrogen and oxygen atoms in total. The molecule has 0 aliphatic carbocycles. The third kappa shape index (κ3) is 5.91. The number of benzene rings is 1. The van der Waals surface area contributed by atoms with Crippen molar-refractivity contribution >= 4 is 11.7 Å². The van der Waals surface area contributed by atoms with Crippen LogP contribution in [0, 0.1) is 17.8 Å². The van der Waals surface area contributed by atoms with E-state index in [4.69, 9.17) is 0 Å². The van der Waals surface area contributed by atoms with Crippen LogP contribution < -0.4 is 5.32 Å². The summed E-state index contributed by atoms with van der Waals surface area (Å²) in [5.74, 6) is 1.91. The largest absolute Gasteiger partial charge is 0.343 e. The monoisotopic (exact) mass is 384 g/mol. The summed E-state index contributed by atoms with van der Waals surface area (Å²) >= 11 is 0. The van der Waals surface area contributed by atoms with Gasteiger partial charge in [-0.2, -0.15) is 0 Å². The Morgan fingerprint density at radius 2 is 1.68 bits per heavy atom. The lowest BCUT2D eigenvalue weighted by molar-refractivity contribution is -0.132. The van der Waals surface area contributed by atoms with Crippen LogP contribution in [-0.4, -0.2) is 42.8 Å². The van der Waals surface area contributed by atoms with Gasteiger partial charge in [0.2, 0.25) is 5.91 Å². The van der Waals surface area contributed by atoms with Gasteiger partial charge in [0.25, 0.3) is 0 Å². The number of hydrogen-bond donors (Lipinski definition) is 1. The Morgan fingerprint density at radius 1 is 1.04 bits per heavy atom. The van der Waals surface area contributed by atoms with Crippen molar-refractivity contribution < 1.29 is 9.59 Å². The number of nitrogens with one attached hydrogen (secondary N) is 1. The van der Waals surface area contributed by atoms with E-state index in [1.165, 1.54) is 18.4 Å². The molecule has 2 fully saturated rings. The molecule has 1 N–H and O–H groups in total. The normalized spacial score (nSPS) is 19.2. The van der Waals surface area contributed by atoms with Crippen molar-refractivity contribution in [2.45, 2.75) is 58.8 Å². The van der Waals surface area contributed by atoms with Crippen molar-refractivity contribution in [2.75, 3.05) is 26.2 Å². The molecule has 4 heteroatoms. The zero-order chi connectivity index (χ0) is 19.9. The maximum absolute atomic E-state index is 12.8. The molecule has 2 saturated heterocycles. The van der Waals surface area contributed by atoms with Crippen molar-refractivity contribution in [1.82, 2.24) is 10.2 Å². The summed E-state index contributed by atoms with van der Waals surface area (Å²) in [6.45, 7) is 8.05. The number of carbonyl (C=O) groups is 2. The summed E-state index contributed by atoms with van der Waals surface area (Å²) in [6, 6.07) is 8.15.